The molecule has 3 nitrogen and oxygen atoms in total. The standard InChI is InChI=1S/C62H42N2O/c1-3-17-55-45(4-2)49-36-34-43(38-58(49)64(55)57-32-16-21-41-19-6-8-25-47(41)57)63(56-31-15-20-40-18-5-7-24-46(40)56)44-35-37-53-60(39-44)65-59-33-12-11-29-52(59)62(53)51-28-10-9-26-48(51)50-27-13-22-42-23-14-30-54(62)61(42)50/h3-39H,2H2,1H3/b17-3-. The van der Waals surface area contributed by atoms with E-state index in [1.165, 1.54) is 49.2 Å². The van der Waals surface area contributed by atoms with E-state index in [-0.39, 0.29) is 0 Å². The summed E-state index contributed by atoms with van der Waals surface area (Å²) in [5.74, 6) is 1.70. The molecule has 1 aromatic heterocycles. The second-order valence-electron chi connectivity index (χ2n) is 17.2. The van der Waals surface area contributed by atoms with Crippen LogP contribution in [0.2, 0.25) is 0 Å². The van der Waals surface area contributed by atoms with E-state index in [4.69, 9.17) is 4.74 Å². The zero-order valence-electron chi connectivity index (χ0n) is 35.9. The molecule has 1 aliphatic heterocycles. The molecule has 0 N–H and O–H groups in total. The highest BCUT2D eigenvalue weighted by molar-refractivity contribution is 6.07. The molecule has 0 saturated carbocycles. The van der Waals surface area contributed by atoms with Crippen LogP contribution in [0.1, 0.15) is 40.4 Å². The number of rotatable bonds is 6. The number of benzene rings is 10. The van der Waals surface area contributed by atoms with Crippen LogP contribution in [0.4, 0.5) is 17.1 Å². The molecule has 0 saturated heterocycles. The van der Waals surface area contributed by atoms with Crippen molar-refractivity contribution in [1.82, 2.24) is 4.57 Å². The van der Waals surface area contributed by atoms with Crippen molar-refractivity contribution in [3.63, 3.8) is 0 Å². The molecule has 11 aromatic rings. The maximum absolute atomic E-state index is 7.15. The number of para-hydroxylation sites is 1. The van der Waals surface area contributed by atoms with Crippen LogP contribution in [0.25, 0.3) is 72.2 Å². The Bertz CT molecular complexity index is 3800. The van der Waals surface area contributed by atoms with Gasteiger partial charge >= 0.3 is 0 Å². The normalized spacial score (nSPS) is 14.7. The van der Waals surface area contributed by atoms with Crippen molar-refractivity contribution in [2.45, 2.75) is 12.3 Å². The van der Waals surface area contributed by atoms with E-state index in [9.17, 15) is 0 Å². The Morgan fingerprint density at radius 2 is 1.12 bits per heavy atom. The summed E-state index contributed by atoms with van der Waals surface area (Å²) in [6.07, 6.45) is 6.32. The minimum Gasteiger partial charge on any atom is -0.457 e. The molecule has 13 rings (SSSR count). The number of fused-ring (bicyclic) bond motifs is 11. The van der Waals surface area contributed by atoms with E-state index < -0.39 is 5.41 Å². The van der Waals surface area contributed by atoms with Gasteiger partial charge in [-0.2, -0.15) is 0 Å². The lowest BCUT2D eigenvalue weighted by molar-refractivity contribution is 0.435. The molecule has 1 spiro atoms. The lowest BCUT2D eigenvalue weighted by Crippen LogP contribution is -2.36. The van der Waals surface area contributed by atoms with E-state index in [0.717, 1.165) is 72.9 Å². The predicted octanol–water partition coefficient (Wildman–Crippen LogP) is 16.7. The van der Waals surface area contributed by atoms with Crippen molar-refractivity contribution in [1.29, 1.82) is 0 Å². The van der Waals surface area contributed by atoms with E-state index in [1.54, 1.807) is 0 Å². The van der Waals surface area contributed by atoms with Gasteiger partial charge in [0.25, 0.3) is 0 Å². The lowest BCUT2D eigenvalue weighted by Gasteiger charge is -2.45. The predicted molar refractivity (Wildman–Crippen MR) is 273 cm³/mol. The van der Waals surface area contributed by atoms with Crippen LogP contribution in [0, 0.1) is 0 Å². The van der Waals surface area contributed by atoms with Crippen LogP contribution in [0.15, 0.2) is 219 Å². The van der Waals surface area contributed by atoms with Gasteiger partial charge in [-0.25, -0.2) is 0 Å². The van der Waals surface area contributed by atoms with Crippen molar-refractivity contribution < 1.29 is 4.74 Å². The second-order valence-corrected chi connectivity index (χ2v) is 17.2. The highest BCUT2D eigenvalue weighted by atomic mass is 16.5. The molecule has 65 heavy (non-hydrogen) atoms. The number of allylic oxidation sites excluding steroid dienone is 1. The minimum atomic E-state index is -0.625. The Kier molecular flexibility index (Phi) is 8.19. The van der Waals surface area contributed by atoms with Gasteiger partial charge in [-0.1, -0.05) is 183 Å². The monoisotopic (exact) mass is 830 g/mol. The van der Waals surface area contributed by atoms with E-state index in [0.29, 0.717) is 0 Å². The molecular formula is C62H42N2O. The fraction of sp³-hybridized carbons (Fsp3) is 0.0323. The van der Waals surface area contributed by atoms with Crippen molar-refractivity contribution in [2.24, 2.45) is 0 Å². The smallest absolute Gasteiger partial charge is 0.134 e. The average Bonchev–Trinajstić information content (AvgIpc) is 3.67. The molecule has 1 unspecified atom stereocenters. The first kappa shape index (κ1) is 37.2. The summed E-state index contributed by atoms with van der Waals surface area (Å²) >= 11 is 0. The quantitative estimate of drug-likeness (QED) is 0.166. The van der Waals surface area contributed by atoms with Gasteiger partial charge in [-0.15, -0.1) is 0 Å². The number of aromatic nitrogens is 1. The molecule has 0 amide bonds. The van der Waals surface area contributed by atoms with Gasteiger partial charge in [0.15, 0.2) is 0 Å². The van der Waals surface area contributed by atoms with Crippen molar-refractivity contribution in [2.75, 3.05) is 4.90 Å². The number of hydrogen-bond donors (Lipinski definition) is 0. The molecule has 0 bridgehead atoms. The summed E-state index contributed by atoms with van der Waals surface area (Å²) in [5, 5.41) is 8.38. The summed E-state index contributed by atoms with van der Waals surface area (Å²) in [5.41, 5.74) is 14.2. The van der Waals surface area contributed by atoms with Crippen LogP contribution >= 0.6 is 0 Å². The zero-order valence-corrected chi connectivity index (χ0v) is 35.9. The summed E-state index contributed by atoms with van der Waals surface area (Å²) < 4.78 is 9.56. The van der Waals surface area contributed by atoms with E-state index in [1.807, 2.05) is 6.08 Å². The SMILES string of the molecule is C=Cc1c(/C=C\C)n(-c2cccc3ccccc23)c2cc(N(c3ccc4c(c3)Oc3ccccc3C43c4ccccc4-c4cccc5cccc3c45)c3cccc4ccccc34)ccc12. The molecule has 10 aromatic carbocycles. The van der Waals surface area contributed by atoms with E-state index >= 15 is 0 Å². The molecule has 2 aliphatic rings. The van der Waals surface area contributed by atoms with Crippen molar-refractivity contribution >= 4 is 72.4 Å². The van der Waals surface area contributed by atoms with Gasteiger partial charge in [0.05, 0.1) is 28.0 Å². The maximum atomic E-state index is 7.15. The third-order valence-corrected chi connectivity index (χ3v) is 13.9. The molecular weight excluding hydrogens is 789 g/mol. The largest absolute Gasteiger partial charge is 0.457 e. The fourth-order valence-electron chi connectivity index (χ4n) is 11.3. The van der Waals surface area contributed by atoms with Crippen LogP contribution in [-0.2, 0) is 5.41 Å². The zero-order chi connectivity index (χ0) is 43.2. The maximum Gasteiger partial charge on any atom is 0.134 e. The van der Waals surface area contributed by atoms with Gasteiger partial charge in [-0.3, -0.25) is 0 Å². The first-order chi connectivity index (χ1) is 32.2. The van der Waals surface area contributed by atoms with Crippen LogP contribution in [0.3, 0.4) is 0 Å². The van der Waals surface area contributed by atoms with Crippen molar-refractivity contribution in [3.05, 3.63) is 252 Å². The van der Waals surface area contributed by atoms with Crippen LogP contribution < -0.4 is 9.64 Å². The fourth-order valence-corrected chi connectivity index (χ4v) is 11.3. The van der Waals surface area contributed by atoms with Gasteiger partial charge < -0.3 is 14.2 Å². The summed E-state index contributed by atoms with van der Waals surface area (Å²) in [6, 6.07) is 75.4. The first-order valence-corrected chi connectivity index (χ1v) is 22.4. The van der Waals surface area contributed by atoms with E-state index in [2.05, 4.69) is 241 Å². The molecule has 0 radical (unpaired) electrons. The summed E-state index contributed by atoms with van der Waals surface area (Å²) in [4.78, 5) is 2.41. The molecule has 306 valence electrons. The average molecular weight is 831 g/mol. The van der Waals surface area contributed by atoms with Gasteiger partial charge in [0, 0.05) is 50.3 Å². The Hall–Kier alpha value is -8.40. The first-order valence-electron chi connectivity index (χ1n) is 22.4. The lowest BCUT2D eigenvalue weighted by atomic mass is 9.58. The Morgan fingerprint density at radius 1 is 0.508 bits per heavy atom. The van der Waals surface area contributed by atoms with Gasteiger partial charge in [0.2, 0.25) is 0 Å². The minimum absolute atomic E-state index is 0.625. The van der Waals surface area contributed by atoms with Crippen LogP contribution in [-0.4, -0.2) is 4.57 Å². The third kappa shape index (κ3) is 5.24. The Labute approximate surface area is 378 Å². The molecule has 3 heteroatoms. The number of nitrogens with zero attached hydrogens (tertiary/aromatic N) is 2. The molecule has 2 heterocycles. The Balaban J connectivity index is 1.10. The topological polar surface area (TPSA) is 17.4 Å². The highest BCUT2D eigenvalue weighted by Gasteiger charge is 2.49. The number of anilines is 3. The third-order valence-electron chi connectivity index (χ3n) is 13.9. The molecule has 1 aliphatic carbocycles. The van der Waals surface area contributed by atoms with Crippen LogP contribution in [0.5, 0.6) is 11.5 Å². The Morgan fingerprint density at radius 3 is 1.97 bits per heavy atom. The van der Waals surface area contributed by atoms with Crippen molar-refractivity contribution in [3.8, 4) is 28.3 Å². The second kappa shape index (κ2) is 14.3. The summed E-state index contributed by atoms with van der Waals surface area (Å²) in [7, 11) is 0. The number of ether oxygens (including phenoxy) is 1. The summed E-state index contributed by atoms with van der Waals surface area (Å²) in [6.45, 7) is 6.42. The molecule has 1 atom stereocenters. The van der Waals surface area contributed by atoms with Gasteiger partial charge in [0.1, 0.15) is 11.5 Å². The van der Waals surface area contributed by atoms with Gasteiger partial charge in [-0.05, 0) is 93.2 Å². The molecule has 0 fully saturated rings. The number of hydrogen-bond acceptors (Lipinski definition) is 2. The highest BCUT2D eigenvalue weighted by Crippen LogP contribution is 2.61.